The number of anilines is 1. The lowest BCUT2D eigenvalue weighted by Crippen LogP contribution is -2.13. The average Bonchev–Trinajstić information content (AvgIpc) is 2.40. The van der Waals surface area contributed by atoms with Crippen LogP contribution in [0.25, 0.3) is 0 Å². The van der Waals surface area contributed by atoms with Gasteiger partial charge in [-0.25, -0.2) is 8.78 Å². The molecule has 0 heterocycles. The minimum atomic E-state index is -0.978. The van der Waals surface area contributed by atoms with E-state index >= 15 is 0 Å². The number of nitrogens with one attached hydrogen (secondary N) is 1. The standard InChI is InChI=1S/C15H10ClF2NO2/c1-8(20)19-13-6-5-9(16)7-10(13)15(21)14-11(17)3-2-4-12(14)18/h2-7H,1H3,(H,19,20). The Morgan fingerprint density at radius 3 is 2.29 bits per heavy atom. The zero-order valence-corrected chi connectivity index (χ0v) is 11.7. The van der Waals surface area contributed by atoms with Crippen molar-refractivity contribution < 1.29 is 18.4 Å². The molecule has 1 N–H and O–H groups in total. The maximum absolute atomic E-state index is 13.7. The summed E-state index contributed by atoms with van der Waals surface area (Å²) in [6, 6.07) is 7.24. The highest BCUT2D eigenvalue weighted by Crippen LogP contribution is 2.25. The number of amides is 1. The molecule has 2 aromatic carbocycles. The third kappa shape index (κ3) is 3.25. The van der Waals surface area contributed by atoms with Crippen LogP contribution in [0.2, 0.25) is 5.02 Å². The molecule has 0 spiro atoms. The SMILES string of the molecule is CC(=O)Nc1ccc(Cl)cc1C(=O)c1c(F)cccc1F. The molecule has 0 bridgehead atoms. The van der Waals surface area contributed by atoms with Gasteiger partial charge in [-0.1, -0.05) is 17.7 Å². The summed E-state index contributed by atoms with van der Waals surface area (Å²) in [6.07, 6.45) is 0. The van der Waals surface area contributed by atoms with Crippen LogP contribution in [0.3, 0.4) is 0 Å². The smallest absolute Gasteiger partial charge is 0.221 e. The zero-order valence-electron chi connectivity index (χ0n) is 10.9. The van der Waals surface area contributed by atoms with Crippen molar-refractivity contribution in [1.29, 1.82) is 0 Å². The van der Waals surface area contributed by atoms with Crippen LogP contribution in [0.1, 0.15) is 22.8 Å². The topological polar surface area (TPSA) is 46.2 Å². The Morgan fingerprint density at radius 2 is 1.71 bits per heavy atom. The number of ketones is 1. The van der Waals surface area contributed by atoms with E-state index in [9.17, 15) is 18.4 Å². The molecule has 0 fully saturated rings. The van der Waals surface area contributed by atoms with Gasteiger partial charge in [0.05, 0.1) is 11.3 Å². The summed E-state index contributed by atoms with van der Waals surface area (Å²) in [5.41, 5.74) is -0.632. The first-order valence-electron chi connectivity index (χ1n) is 5.96. The van der Waals surface area contributed by atoms with Crippen molar-refractivity contribution in [2.75, 3.05) is 5.32 Å². The van der Waals surface area contributed by atoms with Crippen LogP contribution >= 0.6 is 11.6 Å². The number of rotatable bonds is 3. The quantitative estimate of drug-likeness (QED) is 0.876. The molecule has 0 radical (unpaired) electrons. The number of halogens is 3. The summed E-state index contributed by atoms with van der Waals surface area (Å²) in [7, 11) is 0. The molecule has 0 aliphatic rings. The molecule has 0 aromatic heterocycles. The van der Waals surface area contributed by atoms with Crippen LogP contribution in [0.5, 0.6) is 0 Å². The van der Waals surface area contributed by atoms with E-state index < -0.39 is 28.9 Å². The summed E-state index contributed by atoms with van der Waals surface area (Å²) >= 11 is 5.81. The van der Waals surface area contributed by atoms with Gasteiger partial charge >= 0.3 is 0 Å². The van der Waals surface area contributed by atoms with Crippen LogP contribution in [-0.4, -0.2) is 11.7 Å². The highest BCUT2D eigenvalue weighted by atomic mass is 35.5. The van der Waals surface area contributed by atoms with Gasteiger partial charge in [-0.05, 0) is 30.3 Å². The van der Waals surface area contributed by atoms with Crippen molar-refractivity contribution in [3.63, 3.8) is 0 Å². The highest BCUT2D eigenvalue weighted by molar-refractivity contribution is 6.31. The largest absolute Gasteiger partial charge is 0.326 e. The Morgan fingerprint density at radius 1 is 1.10 bits per heavy atom. The average molecular weight is 310 g/mol. The Bertz CT molecular complexity index is 711. The van der Waals surface area contributed by atoms with Crippen LogP contribution in [0, 0.1) is 11.6 Å². The summed E-state index contributed by atoms with van der Waals surface area (Å²) < 4.78 is 27.4. The van der Waals surface area contributed by atoms with Gasteiger partial charge in [0.25, 0.3) is 0 Å². The van der Waals surface area contributed by atoms with E-state index in [4.69, 9.17) is 11.6 Å². The predicted molar refractivity (Wildman–Crippen MR) is 75.5 cm³/mol. The fourth-order valence-electron chi connectivity index (χ4n) is 1.85. The lowest BCUT2D eigenvalue weighted by Gasteiger charge is -2.10. The van der Waals surface area contributed by atoms with Gasteiger partial charge < -0.3 is 5.32 Å². The molecule has 6 heteroatoms. The molecule has 3 nitrogen and oxygen atoms in total. The molecule has 0 unspecified atom stereocenters. The Hall–Kier alpha value is -2.27. The second kappa shape index (κ2) is 6.01. The minimum absolute atomic E-state index is 0.0818. The Balaban J connectivity index is 2.57. The van der Waals surface area contributed by atoms with Crippen molar-refractivity contribution in [3.05, 3.63) is 64.2 Å². The van der Waals surface area contributed by atoms with Gasteiger partial charge in [0.1, 0.15) is 11.6 Å². The van der Waals surface area contributed by atoms with Gasteiger partial charge in [-0.3, -0.25) is 9.59 Å². The van der Waals surface area contributed by atoms with Crippen LogP contribution < -0.4 is 5.32 Å². The molecule has 1 amide bonds. The van der Waals surface area contributed by atoms with Gasteiger partial charge in [0.2, 0.25) is 11.7 Å². The number of hydrogen-bond acceptors (Lipinski definition) is 2. The van der Waals surface area contributed by atoms with E-state index in [0.717, 1.165) is 18.2 Å². The lowest BCUT2D eigenvalue weighted by atomic mass is 10.0. The third-order valence-corrected chi connectivity index (χ3v) is 2.96. The summed E-state index contributed by atoms with van der Waals surface area (Å²) in [5, 5.41) is 2.64. The van der Waals surface area contributed by atoms with Crippen molar-refractivity contribution in [3.8, 4) is 0 Å². The molecule has 2 aromatic rings. The molecule has 0 aliphatic carbocycles. The molecular weight excluding hydrogens is 300 g/mol. The lowest BCUT2D eigenvalue weighted by molar-refractivity contribution is -0.114. The molecule has 2 rings (SSSR count). The molecule has 0 atom stereocenters. The highest BCUT2D eigenvalue weighted by Gasteiger charge is 2.22. The summed E-state index contributed by atoms with van der Waals surface area (Å²) in [4.78, 5) is 23.5. The first kappa shape index (κ1) is 15.1. The van der Waals surface area contributed by atoms with E-state index in [1.165, 1.54) is 25.1 Å². The number of carbonyl (C=O) groups excluding carboxylic acids is 2. The van der Waals surface area contributed by atoms with E-state index in [-0.39, 0.29) is 16.3 Å². The normalized spacial score (nSPS) is 10.3. The van der Waals surface area contributed by atoms with Crippen molar-refractivity contribution in [2.24, 2.45) is 0 Å². The molecule has 0 saturated carbocycles. The van der Waals surface area contributed by atoms with Crippen molar-refractivity contribution in [1.82, 2.24) is 0 Å². The molecule has 0 aliphatic heterocycles. The Labute approximate surface area is 124 Å². The summed E-state index contributed by atoms with van der Waals surface area (Å²) in [5.74, 6) is -3.26. The van der Waals surface area contributed by atoms with Crippen LogP contribution in [0.4, 0.5) is 14.5 Å². The number of benzene rings is 2. The zero-order chi connectivity index (χ0) is 15.6. The summed E-state index contributed by atoms with van der Waals surface area (Å²) in [6.45, 7) is 1.26. The fourth-order valence-corrected chi connectivity index (χ4v) is 2.02. The van der Waals surface area contributed by atoms with E-state index in [1.54, 1.807) is 0 Å². The second-order valence-electron chi connectivity index (χ2n) is 4.30. The van der Waals surface area contributed by atoms with Crippen LogP contribution in [0.15, 0.2) is 36.4 Å². The van der Waals surface area contributed by atoms with E-state index in [2.05, 4.69) is 5.32 Å². The molecular formula is C15H10ClF2NO2. The maximum Gasteiger partial charge on any atom is 0.221 e. The van der Waals surface area contributed by atoms with E-state index in [0.29, 0.717) is 0 Å². The number of hydrogen-bond donors (Lipinski definition) is 1. The Kier molecular flexibility index (Phi) is 4.33. The number of carbonyl (C=O) groups is 2. The molecule has 0 saturated heterocycles. The minimum Gasteiger partial charge on any atom is -0.326 e. The first-order chi connectivity index (χ1) is 9.90. The third-order valence-electron chi connectivity index (χ3n) is 2.73. The monoisotopic (exact) mass is 309 g/mol. The van der Waals surface area contributed by atoms with Crippen molar-refractivity contribution in [2.45, 2.75) is 6.92 Å². The molecule has 21 heavy (non-hydrogen) atoms. The van der Waals surface area contributed by atoms with Gasteiger partial charge in [0.15, 0.2) is 0 Å². The van der Waals surface area contributed by atoms with Crippen molar-refractivity contribution >= 4 is 29.0 Å². The fraction of sp³-hybridized carbons (Fsp3) is 0.0667. The van der Waals surface area contributed by atoms with E-state index in [1.807, 2.05) is 0 Å². The van der Waals surface area contributed by atoms with Gasteiger partial charge in [-0.15, -0.1) is 0 Å². The second-order valence-corrected chi connectivity index (χ2v) is 4.73. The first-order valence-corrected chi connectivity index (χ1v) is 6.34. The van der Waals surface area contributed by atoms with Gasteiger partial charge in [0, 0.05) is 17.5 Å². The predicted octanol–water partition coefficient (Wildman–Crippen LogP) is 3.81. The molecule has 108 valence electrons. The van der Waals surface area contributed by atoms with Gasteiger partial charge in [-0.2, -0.15) is 0 Å². The van der Waals surface area contributed by atoms with Crippen LogP contribution in [-0.2, 0) is 4.79 Å². The maximum atomic E-state index is 13.7.